The van der Waals surface area contributed by atoms with E-state index in [0.717, 1.165) is 29.9 Å². The average Bonchev–Trinajstić information content (AvgIpc) is 3.25. The Morgan fingerprint density at radius 3 is 2.53 bits per heavy atom. The van der Waals surface area contributed by atoms with Gasteiger partial charge in [0.25, 0.3) is 5.91 Å². The summed E-state index contributed by atoms with van der Waals surface area (Å²) in [6.07, 6.45) is 2.52. The number of carbonyl (C=O) groups excluding carboxylic acids is 1. The average molecular weight is 417 g/mol. The summed E-state index contributed by atoms with van der Waals surface area (Å²) in [7, 11) is 0. The number of halogens is 1. The van der Waals surface area contributed by atoms with E-state index >= 15 is 0 Å². The molecule has 4 rings (SSSR count). The number of aryl methyl sites for hydroxylation is 1. The highest BCUT2D eigenvalue weighted by Crippen LogP contribution is 2.22. The molecule has 0 aliphatic carbocycles. The second-order valence-corrected chi connectivity index (χ2v) is 7.46. The van der Waals surface area contributed by atoms with Gasteiger partial charge < -0.3 is 0 Å². The highest BCUT2D eigenvalue weighted by Gasteiger charge is 2.17. The zero-order chi connectivity index (χ0) is 20.9. The van der Waals surface area contributed by atoms with Gasteiger partial charge in [-0.25, -0.2) is 5.43 Å². The van der Waals surface area contributed by atoms with Crippen molar-refractivity contribution in [1.82, 2.24) is 5.43 Å². The van der Waals surface area contributed by atoms with Crippen molar-refractivity contribution in [1.29, 1.82) is 0 Å². The van der Waals surface area contributed by atoms with E-state index in [4.69, 9.17) is 16.7 Å². The zero-order valence-corrected chi connectivity index (χ0v) is 17.3. The minimum absolute atomic E-state index is 0.344. The Labute approximate surface area is 180 Å². The van der Waals surface area contributed by atoms with Crippen LogP contribution in [0.4, 0.5) is 5.69 Å². The summed E-state index contributed by atoms with van der Waals surface area (Å²) in [5.74, 6) is -0.344. The molecule has 6 heteroatoms. The second-order valence-electron chi connectivity index (χ2n) is 7.06. The maximum atomic E-state index is 12.1. The smallest absolute Gasteiger partial charge is 0.267 e. The molecular weight excluding hydrogens is 396 g/mol. The molecule has 0 unspecified atom stereocenters. The summed E-state index contributed by atoms with van der Waals surface area (Å²) in [5.41, 5.74) is 8.30. The van der Waals surface area contributed by atoms with Crippen LogP contribution in [-0.2, 0) is 0 Å². The maximum Gasteiger partial charge on any atom is 0.272 e. The van der Waals surface area contributed by atoms with Gasteiger partial charge in [-0.15, -0.1) is 0 Å². The molecule has 5 nitrogen and oxygen atoms in total. The first-order valence-corrected chi connectivity index (χ1v) is 10.1. The third-order valence-electron chi connectivity index (χ3n) is 4.88. The first kappa shape index (κ1) is 19.9. The highest BCUT2D eigenvalue weighted by atomic mass is 35.5. The van der Waals surface area contributed by atoms with Crippen LogP contribution < -0.4 is 10.4 Å². The van der Waals surface area contributed by atoms with Crippen LogP contribution in [0.15, 0.2) is 83.0 Å². The highest BCUT2D eigenvalue weighted by molar-refractivity contribution is 6.33. The Hall–Kier alpha value is -3.44. The lowest BCUT2D eigenvalue weighted by molar-refractivity contribution is 0.0955. The molecule has 0 fully saturated rings. The number of hydrogen-bond acceptors (Lipinski definition) is 4. The molecule has 150 valence electrons. The molecular formula is C24H21ClN4O. The number of rotatable bonds is 5. The van der Waals surface area contributed by atoms with Gasteiger partial charge in [-0.1, -0.05) is 65.7 Å². The SMILES string of the molecule is Cc1ccc(C2=NN(c3ccc(/C=N\NC(=O)c4ccccc4Cl)cc3)CC2)cc1. The molecule has 1 heterocycles. The Balaban J connectivity index is 1.38. The second kappa shape index (κ2) is 8.93. The Kier molecular flexibility index (Phi) is 5.91. The fourth-order valence-corrected chi connectivity index (χ4v) is 3.42. The molecule has 0 spiro atoms. The van der Waals surface area contributed by atoms with Crippen molar-refractivity contribution in [2.75, 3.05) is 11.6 Å². The van der Waals surface area contributed by atoms with E-state index in [9.17, 15) is 4.79 Å². The van der Waals surface area contributed by atoms with Gasteiger partial charge in [-0.05, 0) is 42.3 Å². The summed E-state index contributed by atoms with van der Waals surface area (Å²) < 4.78 is 0. The number of anilines is 1. The van der Waals surface area contributed by atoms with Crippen molar-refractivity contribution < 1.29 is 4.79 Å². The van der Waals surface area contributed by atoms with Crippen LogP contribution >= 0.6 is 11.6 Å². The third kappa shape index (κ3) is 4.58. The number of carbonyl (C=O) groups is 1. The lowest BCUT2D eigenvalue weighted by Crippen LogP contribution is -2.17. The largest absolute Gasteiger partial charge is 0.272 e. The van der Waals surface area contributed by atoms with Gasteiger partial charge in [-0.2, -0.15) is 10.2 Å². The van der Waals surface area contributed by atoms with Crippen molar-refractivity contribution in [3.8, 4) is 0 Å². The molecule has 0 bridgehead atoms. The minimum Gasteiger partial charge on any atom is -0.267 e. The molecule has 0 saturated carbocycles. The first-order chi connectivity index (χ1) is 14.6. The number of hydrogen-bond donors (Lipinski definition) is 1. The monoisotopic (exact) mass is 416 g/mol. The van der Waals surface area contributed by atoms with E-state index in [1.54, 1.807) is 30.5 Å². The number of benzene rings is 3. The van der Waals surface area contributed by atoms with Gasteiger partial charge >= 0.3 is 0 Å². The molecule has 1 N–H and O–H groups in total. The Bertz CT molecular complexity index is 1100. The lowest BCUT2D eigenvalue weighted by atomic mass is 10.1. The number of nitrogens with zero attached hydrogens (tertiary/aromatic N) is 3. The molecule has 1 aliphatic heterocycles. The van der Waals surface area contributed by atoms with E-state index in [2.05, 4.69) is 41.7 Å². The Morgan fingerprint density at radius 2 is 1.80 bits per heavy atom. The third-order valence-corrected chi connectivity index (χ3v) is 5.21. The Morgan fingerprint density at radius 1 is 1.07 bits per heavy atom. The van der Waals surface area contributed by atoms with Crippen molar-refractivity contribution in [3.05, 3.63) is 100 Å². The number of hydrazone groups is 2. The molecule has 30 heavy (non-hydrogen) atoms. The maximum absolute atomic E-state index is 12.1. The van der Waals surface area contributed by atoms with Crippen LogP contribution in [0, 0.1) is 6.92 Å². The fraction of sp³-hybridized carbons (Fsp3) is 0.125. The zero-order valence-electron chi connectivity index (χ0n) is 16.5. The van der Waals surface area contributed by atoms with E-state index < -0.39 is 0 Å². The van der Waals surface area contributed by atoms with E-state index in [-0.39, 0.29) is 5.91 Å². The van der Waals surface area contributed by atoms with Crippen LogP contribution in [0.1, 0.15) is 33.5 Å². The van der Waals surface area contributed by atoms with Gasteiger partial charge in [0.05, 0.1) is 28.2 Å². The standard InChI is InChI=1S/C24H21ClN4O/c1-17-6-10-19(11-7-17)23-14-15-29(28-23)20-12-8-18(9-13-20)16-26-27-24(30)21-4-2-3-5-22(21)25/h2-13,16H,14-15H2,1H3,(H,27,30)/b26-16-. The van der Waals surface area contributed by atoms with Crippen molar-refractivity contribution in [3.63, 3.8) is 0 Å². The van der Waals surface area contributed by atoms with Gasteiger partial charge in [0.1, 0.15) is 0 Å². The van der Waals surface area contributed by atoms with Crippen LogP contribution in [-0.4, -0.2) is 24.4 Å². The summed E-state index contributed by atoms with van der Waals surface area (Å²) >= 11 is 6.02. The van der Waals surface area contributed by atoms with Gasteiger partial charge in [0.2, 0.25) is 0 Å². The normalized spacial score (nSPS) is 13.5. The van der Waals surface area contributed by atoms with Gasteiger partial charge in [0, 0.05) is 13.0 Å². The summed E-state index contributed by atoms with van der Waals surface area (Å²) in [6, 6.07) is 23.2. The quantitative estimate of drug-likeness (QED) is 0.468. The molecule has 0 radical (unpaired) electrons. The number of amides is 1. The van der Waals surface area contributed by atoms with Gasteiger partial charge in [0.15, 0.2) is 0 Å². The van der Waals surface area contributed by atoms with Crippen molar-refractivity contribution in [2.45, 2.75) is 13.3 Å². The molecule has 3 aromatic rings. The molecule has 1 aliphatic rings. The van der Waals surface area contributed by atoms with Crippen LogP contribution in [0.5, 0.6) is 0 Å². The summed E-state index contributed by atoms with van der Waals surface area (Å²) in [4.78, 5) is 12.1. The predicted octanol–water partition coefficient (Wildman–Crippen LogP) is 5.03. The molecule has 0 aromatic heterocycles. The summed E-state index contributed by atoms with van der Waals surface area (Å²) in [6.45, 7) is 2.93. The van der Waals surface area contributed by atoms with Crippen molar-refractivity contribution >= 4 is 35.1 Å². The van der Waals surface area contributed by atoms with Crippen LogP contribution in [0.2, 0.25) is 5.02 Å². The van der Waals surface area contributed by atoms with Crippen molar-refractivity contribution in [2.24, 2.45) is 10.2 Å². The molecule has 0 saturated heterocycles. The predicted molar refractivity (Wildman–Crippen MR) is 123 cm³/mol. The van der Waals surface area contributed by atoms with Gasteiger partial charge in [-0.3, -0.25) is 9.80 Å². The molecule has 3 aromatic carbocycles. The van der Waals surface area contributed by atoms with Crippen LogP contribution in [0.25, 0.3) is 0 Å². The number of nitrogens with one attached hydrogen (secondary N) is 1. The summed E-state index contributed by atoms with van der Waals surface area (Å²) in [5, 5.41) is 11.2. The van der Waals surface area contributed by atoms with E-state index in [1.165, 1.54) is 11.1 Å². The minimum atomic E-state index is -0.344. The van der Waals surface area contributed by atoms with E-state index in [1.807, 2.05) is 29.3 Å². The van der Waals surface area contributed by atoms with E-state index in [0.29, 0.717) is 10.6 Å². The molecule has 0 atom stereocenters. The van der Waals surface area contributed by atoms with Crippen LogP contribution in [0.3, 0.4) is 0 Å². The molecule has 1 amide bonds. The fourth-order valence-electron chi connectivity index (χ4n) is 3.20. The first-order valence-electron chi connectivity index (χ1n) is 9.70. The topological polar surface area (TPSA) is 57.1 Å². The lowest BCUT2D eigenvalue weighted by Gasteiger charge is -2.13.